The molecule has 5 nitrogen and oxygen atoms in total. The van der Waals surface area contributed by atoms with E-state index in [-0.39, 0.29) is 18.2 Å². The van der Waals surface area contributed by atoms with Crippen molar-refractivity contribution < 1.29 is 14.3 Å². The average Bonchev–Trinajstić information content (AvgIpc) is 3.07. The van der Waals surface area contributed by atoms with Gasteiger partial charge < -0.3 is 4.74 Å². The standard InChI is InChI=1S/C20H24N2O3S/c1-13-7-9-17-15(11-13)12-18(26-17)20(24)22-21-19(23)10-8-14-5-3-4-6-16(14)25-2/h3-6,12-13H,7-11H2,1-2H3,(H,21,23)(H,22,24)/t13-/m0/s1. The van der Waals surface area contributed by atoms with Gasteiger partial charge in [0.25, 0.3) is 5.91 Å². The molecule has 2 N–H and O–H groups in total. The van der Waals surface area contributed by atoms with Gasteiger partial charge in [-0.3, -0.25) is 20.4 Å². The van der Waals surface area contributed by atoms with Gasteiger partial charge in [0.2, 0.25) is 5.91 Å². The molecule has 0 spiro atoms. The number of methoxy groups -OCH3 is 1. The van der Waals surface area contributed by atoms with Crippen LogP contribution in [0.25, 0.3) is 0 Å². The van der Waals surface area contributed by atoms with Crippen LogP contribution in [0.2, 0.25) is 0 Å². The van der Waals surface area contributed by atoms with E-state index in [0.717, 1.165) is 24.2 Å². The van der Waals surface area contributed by atoms with E-state index >= 15 is 0 Å². The van der Waals surface area contributed by atoms with E-state index in [1.807, 2.05) is 30.3 Å². The highest BCUT2D eigenvalue weighted by molar-refractivity contribution is 7.14. The Hall–Kier alpha value is -2.34. The van der Waals surface area contributed by atoms with Crippen LogP contribution in [0.1, 0.15) is 45.4 Å². The van der Waals surface area contributed by atoms with Gasteiger partial charge in [0.1, 0.15) is 5.75 Å². The number of ether oxygens (including phenoxy) is 1. The summed E-state index contributed by atoms with van der Waals surface area (Å²) in [5, 5.41) is 0. The molecule has 3 rings (SSSR count). The summed E-state index contributed by atoms with van der Waals surface area (Å²) < 4.78 is 5.28. The van der Waals surface area contributed by atoms with Crippen LogP contribution in [-0.2, 0) is 24.1 Å². The summed E-state index contributed by atoms with van der Waals surface area (Å²) in [7, 11) is 1.61. The zero-order valence-corrected chi connectivity index (χ0v) is 15.9. The zero-order valence-electron chi connectivity index (χ0n) is 15.1. The molecule has 1 atom stereocenters. The van der Waals surface area contributed by atoms with Crippen molar-refractivity contribution in [3.63, 3.8) is 0 Å². The molecular formula is C20H24N2O3S. The lowest BCUT2D eigenvalue weighted by Crippen LogP contribution is -2.41. The first kappa shape index (κ1) is 18.5. The maximum absolute atomic E-state index is 12.3. The highest BCUT2D eigenvalue weighted by Crippen LogP contribution is 2.32. The van der Waals surface area contributed by atoms with Crippen molar-refractivity contribution >= 4 is 23.2 Å². The van der Waals surface area contributed by atoms with Crippen LogP contribution in [0, 0.1) is 5.92 Å². The van der Waals surface area contributed by atoms with Crippen molar-refractivity contribution in [3.8, 4) is 5.75 Å². The first-order valence-electron chi connectivity index (χ1n) is 8.89. The summed E-state index contributed by atoms with van der Waals surface area (Å²) in [5.41, 5.74) is 7.28. The Balaban J connectivity index is 1.49. The van der Waals surface area contributed by atoms with Crippen LogP contribution in [0.15, 0.2) is 30.3 Å². The third-order valence-electron chi connectivity index (χ3n) is 4.68. The molecule has 0 fully saturated rings. The minimum atomic E-state index is -0.248. The van der Waals surface area contributed by atoms with Gasteiger partial charge in [-0.1, -0.05) is 25.1 Å². The number of fused-ring (bicyclic) bond motifs is 1. The van der Waals surface area contributed by atoms with Crippen molar-refractivity contribution in [2.75, 3.05) is 7.11 Å². The molecule has 0 unspecified atom stereocenters. The number of thiophene rings is 1. The summed E-state index contributed by atoms with van der Waals surface area (Å²) >= 11 is 1.53. The maximum Gasteiger partial charge on any atom is 0.279 e. The van der Waals surface area contributed by atoms with E-state index in [9.17, 15) is 9.59 Å². The Kier molecular flexibility index (Phi) is 5.93. The Bertz CT molecular complexity index is 800. The molecule has 0 saturated heterocycles. The molecule has 0 bridgehead atoms. The summed E-state index contributed by atoms with van der Waals surface area (Å²) in [6.07, 6.45) is 4.08. The fourth-order valence-corrected chi connectivity index (χ4v) is 4.33. The second kappa shape index (κ2) is 8.36. The van der Waals surface area contributed by atoms with Crippen molar-refractivity contribution in [2.45, 2.75) is 39.0 Å². The number of benzene rings is 1. The van der Waals surface area contributed by atoms with Gasteiger partial charge >= 0.3 is 0 Å². The fraction of sp³-hybridized carbons (Fsp3) is 0.400. The monoisotopic (exact) mass is 372 g/mol. The molecule has 138 valence electrons. The molecule has 1 aromatic carbocycles. The first-order valence-corrected chi connectivity index (χ1v) is 9.71. The second-order valence-electron chi connectivity index (χ2n) is 6.72. The molecule has 0 radical (unpaired) electrons. The van der Waals surface area contributed by atoms with Gasteiger partial charge in [-0.05, 0) is 54.9 Å². The number of rotatable bonds is 5. The number of carbonyl (C=O) groups excluding carboxylic acids is 2. The van der Waals surface area contributed by atoms with E-state index in [1.165, 1.54) is 28.2 Å². The van der Waals surface area contributed by atoms with Crippen molar-refractivity contribution in [1.82, 2.24) is 10.9 Å². The molecule has 1 aliphatic carbocycles. The van der Waals surface area contributed by atoms with Crippen LogP contribution in [0.4, 0.5) is 0 Å². The second-order valence-corrected chi connectivity index (χ2v) is 7.86. The van der Waals surface area contributed by atoms with Crippen molar-refractivity contribution in [2.24, 2.45) is 5.92 Å². The van der Waals surface area contributed by atoms with Crippen molar-refractivity contribution in [3.05, 3.63) is 51.2 Å². The van der Waals surface area contributed by atoms with E-state index in [1.54, 1.807) is 7.11 Å². The Morgan fingerprint density at radius 1 is 1.27 bits per heavy atom. The van der Waals surface area contributed by atoms with Crippen LogP contribution in [0.5, 0.6) is 5.75 Å². The lowest BCUT2D eigenvalue weighted by atomic mass is 9.90. The number of nitrogens with one attached hydrogen (secondary N) is 2. The van der Waals surface area contributed by atoms with Gasteiger partial charge in [-0.2, -0.15) is 0 Å². The van der Waals surface area contributed by atoms with Crippen LogP contribution in [0.3, 0.4) is 0 Å². The predicted octanol–water partition coefficient (Wildman–Crippen LogP) is 3.28. The number of carbonyl (C=O) groups is 2. The third kappa shape index (κ3) is 4.43. The smallest absolute Gasteiger partial charge is 0.279 e. The predicted molar refractivity (Wildman–Crippen MR) is 102 cm³/mol. The minimum Gasteiger partial charge on any atom is -0.496 e. The van der Waals surface area contributed by atoms with E-state index in [0.29, 0.717) is 17.2 Å². The summed E-state index contributed by atoms with van der Waals surface area (Å²) in [4.78, 5) is 26.3. The number of amides is 2. The molecular weight excluding hydrogens is 348 g/mol. The molecule has 1 aromatic heterocycles. The molecule has 26 heavy (non-hydrogen) atoms. The van der Waals surface area contributed by atoms with Gasteiger partial charge in [-0.15, -0.1) is 11.3 Å². The Morgan fingerprint density at radius 3 is 2.88 bits per heavy atom. The molecule has 2 aromatic rings. The zero-order chi connectivity index (χ0) is 18.5. The minimum absolute atomic E-state index is 0.223. The maximum atomic E-state index is 12.3. The Morgan fingerprint density at radius 2 is 2.08 bits per heavy atom. The summed E-state index contributed by atoms with van der Waals surface area (Å²) in [6, 6.07) is 9.57. The summed E-state index contributed by atoms with van der Waals surface area (Å²) in [6.45, 7) is 2.24. The van der Waals surface area contributed by atoms with E-state index < -0.39 is 0 Å². The van der Waals surface area contributed by atoms with Gasteiger partial charge in [0.15, 0.2) is 0 Å². The number of hydrazine groups is 1. The molecule has 0 saturated carbocycles. The third-order valence-corrected chi connectivity index (χ3v) is 5.92. The quantitative estimate of drug-likeness (QED) is 0.792. The topological polar surface area (TPSA) is 67.4 Å². The number of para-hydroxylation sites is 1. The van der Waals surface area contributed by atoms with E-state index in [4.69, 9.17) is 4.74 Å². The molecule has 0 aliphatic heterocycles. The van der Waals surface area contributed by atoms with Gasteiger partial charge in [-0.25, -0.2) is 0 Å². The first-order chi connectivity index (χ1) is 12.6. The molecule has 1 aliphatic rings. The SMILES string of the molecule is COc1ccccc1CCC(=O)NNC(=O)c1cc2c(s1)CC[C@H](C)C2. The van der Waals surface area contributed by atoms with Crippen LogP contribution in [-0.4, -0.2) is 18.9 Å². The summed E-state index contributed by atoms with van der Waals surface area (Å²) in [5.74, 6) is 0.965. The fourth-order valence-electron chi connectivity index (χ4n) is 3.23. The number of hydrogen-bond donors (Lipinski definition) is 2. The molecule has 6 heteroatoms. The number of hydrogen-bond acceptors (Lipinski definition) is 4. The van der Waals surface area contributed by atoms with Crippen molar-refractivity contribution in [1.29, 1.82) is 0 Å². The normalized spacial score (nSPS) is 15.8. The average molecular weight is 372 g/mol. The van der Waals surface area contributed by atoms with Crippen LogP contribution >= 0.6 is 11.3 Å². The lowest BCUT2D eigenvalue weighted by Gasteiger charge is -2.16. The number of aryl methyl sites for hydroxylation is 2. The highest BCUT2D eigenvalue weighted by atomic mass is 32.1. The molecule has 2 amide bonds. The highest BCUT2D eigenvalue weighted by Gasteiger charge is 2.20. The molecule has 1 heterocycles. The van der Waals surface area contributed by atoms with Crippen LogP contribution < -0.4 is 15.6 Å². The largest absolute Gasteiger partial charge is 0.496 e. The Labute approximate surface area is 157 Å². The van der Waals surface area contributed by atoms with Gasteiger partial charge in [0.05, 0.1) is 12.0 Å². The van der Waals surface area contributed by atoms with E-state index in [2.05, 4.69) is 17.8 Å². The van der Waals surface area contributed by atoms with Gasteiger partial charge in [0, 0.05) is 11.3 Å². The lowest BCUT2D eigenvalue weighted by molar-refractivity contribution is -0.121.